The predicted octanol–water partition coefficient (Wildman–Crippen LogP) is 3.91. The van der Waals surface area contributed by atoms with Gasteiger partial charge in [-0.25, -0.2) is 4.39 Å². The number of nitrogens with one attached hydrogen (secondary N) is 1. The molecule has 3 aromatic rings. The second-order valence-electron chi connectivity index (χ2n) is 5.40. The molecule has 4 nitrogen and oxygen atoms in total. The van der Waals surface area contributed by atoms with Gasteiger partial charge in [0.1, 0.15) is 5.82 Å². The fourth-order valence-electron chi connectivity index (χ4n) is 2.28. The molecule has 1 N–H and O–H groups in total. The summed E-state index contributed by atoms with van der Waals surface area (Å²) in [7, 11) is 0. The summed E-state index contributed by atoms with van der Waals surface area (Å²) in [4.78, 5) is 12.0. The Labute approximate surface area is 143 Å². The van der Waals surface area contributed by atoms with Crippen molar-refractivity contribution < 1.29 is 9.18 Å². The summed E-state index contributed by atoms with van der Waals surface area (Å²) in [6, 6.07) is 13.4. The molecule has 0 bridgehead atoms. The topological polar surface area (TPSA) is 46.9 Å². The first-order chi connectivity index (χ1) is 11.6. The fourth-order valence-corrected chi connectivity index (χ4v) is 2.41. The van der Waals surface area contributed by atoms with Crippen LogP contribution < -0.4 is 5.32 Å². The molecule has 0 spiro atoms. The van der Waals surface area contributed by atoms with E-state index < -0.39 is 0 Å². The summed E-state index contributed by atoms with van der Waals surface area (Å²) in [5.41, 5.74) is 2.44. The molecule has 0 aliphatic rings. The smallest absolute Gasteiger partial charge is 0.228 e. The quantitative estimate of drug-likeness (QED) is 0.763. The molecule has 0 radical (unpaired) electrons. The first-order valence-corrected chi connectivity index (χ1v) is 7.77. The van der Waals surface area contributed by atoms with Gasteiger partial charge in [-0.15, -0.1) is 0 Å². The molecule has 3 rings (SSSR count). The molecule has 0 saturated heterocycles. The highest BCUT2D eigenvalue weighted by molar-refractivity contribution is 6.30. The lowest BCUT2D eigenvalue weighted by molar-refractivity contribution is -0.115. The molecular weight excluding hydrogens is 329 g/mol. The van der Waals surface area contributed by atoms with E-state index in [1.807, 2.05) is 12.1 Å². The normalized spacial score (nSPS) is 10.6. The number of aromatic nitrogens is 2. The zero-order valence-corrected chi connectivity index (χ0v) is 13.5. The van der Waals surface area contributed by atoms with Crippen molar-refractivity contribution in [2.24, 2.45) is 0 Å². The summed E-state index contributed by atoms with van der Waals surface area (Å²) < 4.78 is 14.6. The van der Waals surface area contributed by atoms with E-state index in [0.29, 0.717) is 17.3 Å². The SMILES string of the molecule is O=C(Cc1ccc(Cl)cc1)Nc1cnn(Cc2ccc(F)cc2)c1. The van der Waals surface area contributed by atoms with E-state index >= 15 is 0 Å². The highest BCUT2D eigenvalue weighted by Gasteiger charge is 2.06. The first kappa shape index (κ1) is 16.2. The molecule has 0 saturated carbocycles. The van der Waals surface area contributed by atoms with Crippen molar-refractivity contribution in [1.82, 2.24) is 9.78 Å². The lowest BCUT2D eigenvalue weighted by atomic mass is 10.1. The average molecular weight is 344 g/mol. The van der Waals surface area contributed by atoms with Gasteiger partial charge in [0, 0.05) is 11.2 Å². The Morgan fingerprint density at radius 1 is 1.08 bits per heavy atom. The van der Waals surface area contributed by atoms with Crippen LogP contribution in [0, 0.1) is 5.82 Å². The molecule has 2 aromatic carbocycles. The van der Waals surface area contributed by atoms with Crippen LogP contribution in [0.3, 0.4) is 0 Å². The van der Waals surface area contributed by atoms with E-state index in [1.165, 1.54) is 12.1 Å². The molecule has 0 atom stereocenters. The predicted molar refractivity (Wildman–Crippen MR) is 91.5 cm³/mol. The number of halogens is 2. The van der Waals surface area contributed by atoms with Crippen LogP contribution in [0.4, 0.5) is 10.1 Å². The van der Waals surface area contributed by atoms with Gasteiger partial charge in [0.15, 0.2) is 0 Å². The largest absolute Gasteiger partial charge is 0.323 e. The van der Waals surface area contributed by atoms with E-state index in [4.69, 9.17) is 11.6 Å². The first-order valence-electron chi connectivity index (χ1n) is 7.40. The van der Waals surface area contributed by atoms with Crippen molar-refractivity contribution in [3.63, 3.8) is 0 Å². The molecule has 1 heterocycles. The summed E-state index contributed by atoms with van der Waals surface area (Å²) >= 11 is 5.82. The van der Waals surface area contributed by atoms with Crippen LogP contribution in [-0.4, -0.2) is 15.7 Å². The van der Waals surface area contributed by atoms with E-state index in [2.05, 4.69) is 10.4 Å². The third-order valence-electron chi connectivity index (χ3n) is 3.45. The second kappa shape index (κ2) is 7.27. The Morgan fingerprint density at radius 3 is 2.46 bits per heavy atom. The third kappa shape index (κ3) is 4.43. The van der Waals surface area contributed by atoms with Crippen LogP contribution in [-0.2, 0) is 17.8 Å². The van der Waals surface area contributed by atoms with Gasteiger partial charge in [0.2, 0.25) is 5.91 Å². The molecule has 0 fully saturated rings. The Balaban J connectivity index is 1.58. The van der Waals surface area contributed by atoms with Gasteiger partial charge in [-0.3, -0.25) is 9.48 Å². The van der Waals surface area contributed by atoms with Crippen molar-refractivity contribution in [2.45, 2.75) is 13.0 Å². The van der Waals surface area contributed by atoms with Crippen LogP contribution in [0.1, 0.15) is 11.1 Å². The van der Waals surface area contributed by atoms with E-state index in [0.717, 1.165) is 11.1 Å². The summed E-state index contributed by atoms with van der Waals surface area (Å²) in [5, 5.41) is 7.64. The lowest BCUT2D eigenvalue weighted by Gasteiger charge is -2.03. The van der Waals surface area contributed by atoms with E-state index in [-0.39, 0.29) is 18.1 Å². The van der Waals surface area contributed by atoms with Crippen molar-refractivity contribution in [3.8, 4) is 0 Å². The zero-order chi connectivity index (χ0) is 16.9. The van der Waals surface area contributed by atoms with Gasteiger partial charge in [-0.05, 0) is 35.4 Å². The molecular formula is C18H15ClFN3O. The van der Waals surface area contributed by atoms with Gasteiger partial charge in [-0.2, -0.15) is 5.10 Å². The maximum Gasteiger partial charge on any atom is 0.228 e. The highest BCUT2D eigenvalue weighted by Crippen LogP contribution is 2.12. The molecule has 6 heteroatoms. The van der Waals surface area contributed by atoms with Crippen molar-refractivity contribution in [3.05, 3.63) is 82.9 Å². The van der Waals surface area contributed by atoms with Gasteiger partial charge >= 0.3 is 0 Å². The van der Waals surface area contributed by atoms with Gasteiger partial charge in [0.25, 0.3) is 0 Å². The molecule has 0 aliphatic heterocycles. The zero-order valence-electron chi connectivity index (χ0n) is 12.7. The molecule has 24 heavy (non-hydrogen) atoms. The Bertz CT molecular complexity index is 828. The summed E-state index contributed by atoms with van der Waals surface area (Å²) in [5.74, 6) is -0.395. The van der Waals surface area contributed by atoms with Crippen LogP contribution in [0.15, 0.2) is 60.9 Å². The van der Waals surface area contributed by atoms with Gasteiger partial charge < -0.3 is 5.32 Å². The monoisotopic (exact) mass is 343 g/mol. The minimum Gasteiger partial charge on any atom is -0.323 e. The van der Waals surface area contributed by atoms with E-state index in [1.54, 1.807) is 41.3 Å². The van der Waals surface area contributed by atoms with Crippen LogP contribution >= 0.6 is 11.6 Å². The third-order valence-corrected chi connectivity index (χ3v) is 3.70. The number of benzene rings is 2. The number of carbonyl (C=O) groups excluding carboxylic acids is 1. The Hall–Kier alpha value is -2.66. The highest BCUT2D eigenvalue weighted by atomic mass is 35.5. The fraction of sp³-hybridized carbons (Fsp3) is 0.111. The number of hydrogen-bond acceptors (Lipinski definition) is 2. The summed E-state index contributed by atoms with van der Waals surface area (Å²) in [6.45, 7) is 0.507. The number of nitrogens with zero attached hydrogens (tertiary/aromatic N) is 2. The number of amides is 1. The maximum atomic E-state index is 12.9. The number of anilines is 1. The standard InChI is InChI=1S/C18H15ClFN3O/c19-15-5-1-13(2-6-15)9-18(24)22-17-10-21-23(12-17)11-14-3-7-16(20)8-4-14/h1-8,10,12H,9,11H2,(H,22,24). The lowest BCUT2D eigenvalue weighted by Crippen LogP contribution is -2.13. The van der Waals surface area contributed by atoms with Crippen molar-refractivity contribution in [2.75, 3.05) is 5.32 Å². The van der Waals surface area contributed by atoms with E-state index in [9.17, 15) is 9.18 Å². The molecule has 0 unspecified atom stereocenters. The average Bonchev–Trinajstić information content (AvgIpc) is 2.99. The van der Waals surface area contributed by atoms with Crippen LogP contribution in [0.5, 0.6) is 0 Å². The van der Waals surface area contributed by atoms with Crippen LogP contribution in [0.2, 0.25) is 5.02 Å². The number of hydrogen-bond donors (Lipinski definition) is 1. The van der Waals surface area contributed by atoms with Gasteiger partial charge in [-0.1, -0.05) is 35.9 Å². The van der Waals surface area contributed by atoms with Crippen molar-refractivity contribution in [1.29, 1.82) is 0 Å². The molecule has 122 valence electrons. The maximum absolute atomic E-state index is 12.9. The summed E-state index contributed by atoms with van der Waals surface area (Å²) in [6.07, 6.45) is 3.59. The minimum absolute atomic E-state index is 0.126. The molecule has 1 aromatic heterocycles. The minimum atomic E-state index is -0.269. The Kier molecular flexibility index (Phi) is 4.91. The van der Waals surface area contributed by atoms with Crippen LogP contribution in [0.25, 0.3) is 0 Å². The molecule has 0 aliphatic carbocycles. The van der Waals surface area contributed by atoms with Crippen molar-refractivity contribution >= 4 is 23.2 Å². The number of carbonyl (C=O) groups is 1. The number of rotatable bonds is 5. The second-order valence-corrected chi connectivity index (χ2v) is 5.84. The van der Waals surface area contributed by atoms with Gasteiger partial charge in [0.05, 0.1) is 24.8 Å². The molecule has 1 amide bonds. The Morgan fingerprint density at radius 2 is 1.75 bits per heavy atom.